The summed E-state index contributed by atoms with van der Waals surface area (Å²) in [7, 11) is 0. The highest BCUT2D eigenvalue weighted by molar-refractivity contribution is 5.80. The van der Waals surface area contributed by atoms with Gasteiger partial charge in [-0.2, -0.15) is 0 Å². The molecule has 6 nitrogen and oxygen atoms in total. The van der Waals surface area contributed by atoms with Gasteiger partial charge in [-0.05, 0) is 33.6 Å². The standard InChI is InChI=1S/C14H24N2O4/c1-13(2,3)20-12(19)16-6-4-14(5-7-16)8-11(18)15-10(14)9-17/h10,17H,4-9H2,1-3H3,(H,15,18). The molecule has 2 saturated heterocycles. The second-order valence-corrected chi connectivity index (χ2v) is 6.81. The molecule has 2 rings (SSSR count). The lowest BCUT2D eigenvalue weighted by atomic mass is 9.72. The predicted molar refractivity (Wildman–Crippen MR) is 73.1 cm³/mol. The third kappa shape index (κ3) is 3.06. The normalized spacial score (nSPS) is 25.7. The van der Waals surface area contributed by atoms with Crippen LogP contribution in [0.15, 0.2) is 0 Å². The van der Waals surface area contributed by atoms with Crippen molar-refractivity contribution in [2.24, 2.45) is 5.41 Å². The number of carbonyl (C=O) groups is 2. The molecule has 0 saturated carbocycles. The van der Waals surface area contributed by atoms with E-state index in [-0.39, 0.29) is 30.1 Å². The van der Waals surface area contributed by atoms with Gasteiger partial charge in [-0.1, -0.05) is 0 Å². The van der Waals surface area contributed by atoms with Crippen molar-refractivity contribution in [1.82, 2.24) is 10.2 Å². The van der Waals surface area contributed by atoms with Crippen molar-refractivity contribution in [1.29, 1.82) is 0 Å². The number of nitrogens with zero attached hydrogens (tertiary/aromatic N) is 1. The lowest BCUT2D eigenvalue weighted by Crippen LogP contribution is -2.50. The molecule has 0 aromatic rings. The van der Waals surface area contributed by atoms with Gasteiger partial charge in [-0.15, -0.1) is 0 Å². The molecule has 0 aromatic carbocycles. The largest absolute Gasteiger partial charge is 0.444 e. The lowest BCUT2D eigenvalue weighted by molar-refractivity contribution is -0.120. The Balaban J connectivity index is 1.95. The number of carbonyl (C=O) groups excluding carboxylic acids is 2. The van der Waals surface area contributed by atoms with Gasteiger partial charge < -0.3 is 20.1 Å². The Morgan fingerprint density at radius 2 is 2.05 bits per heavy atom. The predicted octanol–water partition coefficient (Wildman–Crippen LogP) is 0.884. The molecule has 0 radical (unpaired) electrons. The number of hydrogen-bond acceptors (Lipinski definition) is 4. The average Bonchev–Trinajstić information content (AvgIpc) is 2.64. The number of aliphatic hydroxyl groups is 1. The minimum atomic E-state index is -0.495. The zero-order valence-corrected chi connectivity index (χ0v) is 12.4. The Morgan fingerprint density at radius 3 is 2.55 bits per heavy atom. The van der Waals surface area contributed by atoms with E-state index in [0.717, 1.165) is 12.8 Å². The molecule has 2 N–H and O–H groups in total. The Morgan fingerprint density at radius 1 is 1.45 bits per heavy atom. The molecule has 2 aliphatic heterocycles. The van der Waals surface area contributed by atoms with E-state index in [1.807, 2.05) is 20.8 Å². The Hall–Kier alpha value is -1.30. The maximum absolute atomic E-state index is 12.0. The molecule has 1 atom stereocenters. The fraction of sp³-hybridized carbons (Fsp3) is 0.857. The van der Waals surface area contributed by atoms with Crippen molar-refractivity contribution in [3.05, 3.63) is 0 Å². The van der Waals surface area contributed by atoms with Crippen molar-refractivity contribution in [3.63, 3.8) is 0 Å². The summed E-state index contributed by atoms with van der Waals surface area (Å²) in [5.74, 6) is -0.00484. The van der Waals surface area contributed by atoms with Crippen molar-refractivity contribution < 1.29 is 19.4 Å². The topological polar surface area (TPSA) is 78.9 Å². The van der Waals surface area contributed by atoms with E-state index in [0.29, 0.717) is 19.5 Å². The molecular formula is C14H24N2O4. The van der Waals surface area contributed by atoms with Gasteiger partial charge in [0, 0.05) is 24.9 Å². The Kier molecular flexibility index (Phi) is 3.95. The van der Waals surface area contributed by atoms with Crippen LogP contribution in [0, 0.1) is 5.41 Å². The number of nitrogens with one attached hydrogen (secondary N) is 1. The number of ether oxygens (including phenoxy) is 1. The van der Waals surface area contributed by atoms with Crippen molar-refractivity contribution in [2.75, 3.05) is 19.7 Å². The van der Waals surface area contributed by atoms with Crippen LogP contribution in [-0.2, 0) is 9.53 Å². The van der Waals surface area contributed by atoms with Crippen LogP contribution in [-0.4, -0.2) is 53.3 Å². The van der Waals surface area contributed by atoms with E-state index in [1.165, 1.54) is 0 Å². The summed E-state index contributed by atoms with van der Waals surface area (Å²) in [5.41, 5.74) is -0.699. The van der Waals surface area contributed by atoms with E-state index in [4.69, 9.17) is 4.74 Å². The molecule has 1 unspecified atom stereocenters. The average molecular weight is 284 g/mol. The highest BCUT2D eigenvalue weighted by Gasteiger charge is 2.48. The van der Waals surface area contributed by atoms with Gasteiger partial charge in [-0.3, -0.25) is 4.79 Å². The molecule has 2 heterocycles. The second-order valence-electron chi connectivity index (χ2n) is 6.81. The van der Waals surface area contributed by atoms with E-state index in [9.17, 15) is 14.7 Å². The lowest BCUT2D eigenvalue weighted by Gasteiger charge is -2.41. The molecule has 2 aliphatic rings. The van der Waals surface area contributed by atoms with Crippen LogP contribution in [0.25, 0.3) is 0 Å². The fourth-order valence-corrected chi connectivity index (χ4v) is 3.07. The van der Waals surface area contributed by atoms with E-state index < -0.39 is 5.60 Å². The quantitative estimate of drug-likeness (QED) is 0.749. The monoisotopic (exact) mass is 284 g/mol. The molecule has 1 spiro atoms. The Labute approximate surface area is 119 Å². The zero-order chi connectivity index (χ0) is 15.0. The summed E-state index contributed by atoms with van der Waals surface area (Å²) in [6.45, 7) is 6.63. The van der Waals surface area contributed by atoms with Crippen LogP contribution in [0.2, 0.25) is 0 Å². The molecule has 2 amide bonds. The summed E-state index contributed by atoms with van der Waals surface area (Å²) in [5, 5.41) is 12.2. The van der Waals surface area contributed by atoms with Crippen molar-refractivity contribution in [3.8, 4) is 0 Å². The van der Waals surface area contributed by atoms with Crippen LogP contribution >= 0.6 is 0 Å². The molecule has 0 bridgehead atoms. The maximum Gasteiger partial charge on any atom is 0.410 e. The first kappa shape index (κ1) is 15.1. The SMILES string of the molecule is CC(C)(C)OC(=O)N1CCC2(CC1)CC(=O)NC2CO. The first-order chi connectivity index (χ1) is 9.26. The van der Waals surface area contributed by atoms with Gasteiger partial charge in [0.15, 0.2) is 0 Å². The van der Waals surface area contributed by atoms with E-state index in [2.05, 4.69) is 5.32 Å². The van der Waals surface area contributed by atoms with Gasteiger partial charge in [-0.25, -0.2) is 4.79 Å². The van der Waals surface area contributed by atoms with Gasteiger partial charge >= 0.3 is 6.09 Å². The molecule has 114 valence electrons. The van der Waals surface area contributed by atoms with Gasteiger partial charge in [0.1, 0.15) is 5.60 Å². The van der Waals surface area contributed by atoms with Crippen molar-refractivity contribution >= 4 is 12.0 Å². The molecule has 6 heteroatoms. The molecule has 0 aromatic heterocycles. The van der Waals surface area contributed by atoms with Gasteiger partial charge in [0.05, 0.1) is 12.6 Å². The first-order valence-electron chi connectivity index (χ1n) is 7.14. The first-order valence-corrected chi connectivity index (χ1v) is 7.14. The second kappa shape index (κ2) is 5.24. The van der Waals surface area contributed by atoms with E-state index in [1.54, 1.807) is 4.90 Å². The van der Waals surface area contributed by atoms with Crippen LogP contribution in [0.5, 0.6) is 0 Å². The number of rotatable bonds is 1. The summed E-state index contributed by atoms with van der Waals surface area (Å²) in [6, 6.07) is -0.184. The Bertz CT molecular complexity index is 394. The summed E-state index contributed by atoms with van der Waals surface area (Å²) < 4.78 is 5.36. The highest BCUT2D eigenvalue weighted by atomic mass is 16.6. The molecule has 0 aliphatic carbocycles. The van der Waals surface area contributed by atoms with Crippen molar-refractivity contribution in [2.45, 2.75) is 51.7 Å². The number of hydrogen-bond donors (Lipinski definition) is 2. The third-order valence-electron chi connectivity index (χ3n) is 4.18. The summed E-state index contributed by atoms with van der Waals surface area (Å²) >= 11 is 0. The van der Waals surface area contributed by atoms with Gasteiger partial charge in [0.25, 0.3) is 0 Å². The number of piperidine rings is 1. The zero-order valence-electron chi connectivity index (χ0n) is 12.4. The number of likely N-dealkylation sites (tertiary alicyclic amines) is 1. The summed E-state index contributed by atoms with van der Waals surface area (Å²) in [6.07, 6.45) is 1.58. The fourth-order valence-electron chi connectivity index (χ4n) is 3.07. The van der Waals surface area contributed by atoms with Crippen LogP contribution < -0.4 is 5.32 Å². The van der Waals surface area contributed by atoms with E-state index >= 15 is 0 Å². The molecule has 20 heavy (non-hydrogen) atoms. The number of amides is 2. The minimum absolute atomic E-state index is 0.00484. The van der Waals surface area contributed by atoms with Crippen LogP contribution in [0.3, 0.4) is 0 Å². The molecule has 2 fully saturated rings. The highest BCUT2D eigenvalue weighted by Crippen LogP contribution is 2.42. The molecular weight excluding hydrogens is 260 g/mol. The summed E-state index contributed by atoms with van der Waals surface area (Å²) in [4.78, 5) is 25.3. The smallest absolute Gasteiger partial charge is 0.410 e. The number of aliphatic hydroxyl groups excluding tert-OH is 1. The maximum atomic E-state index is 12.0. The third-order valence-corrected chi connectivity index (χ3v) is 4.18. The van der Waals surface area contributed by atoms with Gasteiger partial charge in [0.2, 0.25) is 5.91 Å². The van der Waals surface area contributed by atoms with Crippen LogP contribution in [0.1, 0.15) is 40.0 Å². The van der Waals surface area contributed by atoms with Crippen LogP contribution in [0.4, 0.5) is 4.79 Å². The minimum Gasteiger partial charge on any atom is -0.444 e.